The summed E-state index contributed by atoms with van der Waals surface area (Å²) in [4.78, 5) is 12.6. The van der Waals surface area contributed by atoms with E-state index in [4.69, 9.17) is 9.15 Å². The lowest BCUT2D eigenvalue weighted by Crippen LogP contribution is -2.04. The van der Waals surface area contributed by atoms with Gasteiger partial charge in [0, 0.05) is 10.9 Å². The summed E-state index contributed by atoms with van der Waals surface area (Å²) in [7, 11) is 1.55. The third-order valence-corrected chi connectivity index (χ3v) is 3.40. The summed E-state index contributed by atoms with van der Waals surface area (Å²) in [5.74, 6) is 0.768. The number of methoxy groups -OCH3 is 1. The zero-order chi connectivity index (χ0) is 14.1. The van der Waals surface area contributed by atoms with Crippen molar-refractivity contribution in [2.24, 2.45) is 0 Å². The van der Waals surface area contributed by atoms with Gasteiger partial charge in [-0.3, -0.25) is 4.79 Å². The number of aryl methyl sites for hydroxylation is 1. The lowest BCUT2D eigenvalue weighted by Gasteiger charge is -2.05. The maximum absolute atomic E-state index is 12.6. The highest BCUT2D eigenvalue weighted by Crippen LogP contribution is 2.29. The molecule has 0 radical (unpaired) electrons. The Kier molecular flexibility index (Phi) is 3.03. The van der Waals surface area contributed by atoms with Gasteiger partial charge in [0.15, 0.2) is 5.76 Å². The molecule has 0 aliphatic carbocycles. The van der Waals surface area contributed by atoms with Crippen LogP contribution >= 0.6 is 0 Å². The van der Waals surface area contributed by atoms with E-state index in [2.05, 4.69) is 0 Å². The predicted octanol–water partition coefficient (Wildman–Crippen LogP) is 3.98. The summed E-state index contributed by atoms with van der Waals surface area (Å²) in [6.45, 7) is 1.90. The van der Waals surface area contributed by atoms with Crippen molar-refractivity contribution in [2.75, 3.05) is 7.11 Å². The molecule has 1 aromatic heterocycles. The average molecular weight is 266 g/mol. The molecule has 3 heteroatoms. The van der Waals surface area contributed by atoms with E-state index in [9.17, 15) is 4.79 Å². The molecule has 0 N–H and O–H groups in total. The molecule has 0 aliphatic rings. The van der Waals surface area contributed by atoms with Crippen molar-refractivity contribution in [3.63, 3.8) is 0 Å². The number of benzene rings is 2. The van der Waals surface area contributed by atoms with Crippen molar-refractivity contribution in [2.45, 2.75) is 6.92 Å². The van der Waals surface area contributed by atoms with Gasteiger partial charge < -0.3 is 9.15 Å². The van der Waals surface area contributed by atoms with Crippen LogP contribution in [0.3, 0.4) is 0 Å². The summed E-state index contributed by atoms with van der Waals surface area (Å²) in [6, 6.07) is 14.8. The number of carbonyl (C=O) groups is 1. The fourth-order valence-electron chi connectivity index (χ4n) is 2.35. The molecule has 2 aromatic carbocycles. The van der Waals surface area contributed by atoms with Crippen LogP contribution in [-0.4, -0.2) is 12.9 Å². The van der Waals surface area contributed by atoms with Crippen LogP contribution in [0.4, 0.5) is 0 Å². The van der Waals surface area contributed by atoms with Gasteiger partial charge in [-0.1, -0.05) is 30.3 Å². The molecule has 3 aromatic rings. The van der Waals surface area contributed by atoms with Crippen LogP contribution in [0, 0.1) is 6.92 Å². The maximum atomic E-state index is 12.6. The van der Waals surface area contributed by atoms with Crippen LogP contribution in [0.15, 0.2) is 52.9 Å². The smallest absolute Gasteiger partial charge is 0.232 e. The number of rotatable bonds is 3. The van der Waals surface area contributed by atoms with Crippen molar-refractivity contribution in [1.82, 2.24) is 0 Å². The molecule has 3 nitrogen and oxygen atoms in total. The zero-order valence-corrected chi connectivity index (χ0v) is 11.3. The Hall–Kier alpha value is -2.55. The van der Waals surface area contributed by atoms with Gasteiger partial charge in [0.2, 0.25) is 5.78 Å². The first-order valence-corrected chi connectivity index (χ1v) is 6.38. The third kappa shape index (κ3) is 1.88. The Labute approximate surface area is 116 Å². The molecule has 3 rings (SSSR count). The second-order valence-corrected chi connectivity index (χ2v) is 4.58. The first-order valence-electron chi connectivity index (χ1n) is 6.38. The van der Waals surface area contributed by atoms with Crippen LogP contribution < -0.4 is 4.74 Å². The second-order valence-electron chi connectivity index (χ2n) is 4.58. The molecule has 100 valence electrons. The SMILES string of the molecule is COc1ccccc1C(=O)c1oc2ccccc2c1C. The standard InChI is InChI=1S/C17H14O3/c1-11-12-7-3-6-10-15(12)20-17(11)16(18)13-8-4-5-9-14(13)19-2/h3-10H,1-2H3. The number of hydrogen-bond acceptors (Lipinski definition) is 3. The van der Waals surface area contributed by atoms with Crippen molar-refractivity contribution in [3.05, 3.63) is 65.4 Å². The van der Waals surface area contributed by atoms with Crippen LogP contribution in [0.1, 0.15) is 21.7 Å². The van der Waals surface area contributed by atoms with Gasteiger partial charge in [-0.15, -0.1) is 0 Å². The van der Waals surface area contributed by atoms with Gasteiger partial charge in [-0.05, 0) is 25.1 Å². The van der Waals surface area contributed by atoms with Crippen LogP contribution in [0.2, 0.25) is 0 Å². The molecule has 0 amide bonds. The predicted molar refractivity (Wildman–Crippen MR) is 77.4 cm³/mol. The molecule has 0 unspecified atom stereocenters. The molecule has 0 spiro atoms. The number of hydrogen-bond donors (Lipinski definition) is 0. The van der Waals surface area contributed by atoms with Gasteiger partial charge in [0.25, 0.3) is 0 Å². The minimum Gasteiger partial charge on any atom is -0.496 e. The topological polar surface area (TPSA) is 39.4 Å². The fraction of sp³-hybridized carbons (Fsp3) is 0.118. The Balaban J connectivity index is 2.15. The van der Waals surface area contributed by atoms with E-state index >= 15 is 0 Å². The number of carbonyl (C=O) groups excluding carboxylic acids is 1. The van der Waals surface area contributed by atoms with Crippen molar-refractivity contribution >= 4 is 16.8 Å². The van der Waals surface area contributed by atoms with Crippen LogP contribution in [-0.2, 0) is 0 Å². The minimum atomic E-state index is -0.156. The monoisotopic (exact) mass is 266 g/mol. The van der Waals surface area contributed by atoms with E-state index in [1.54, 1.807) is 19.2 Å². The van der Waals surface area contributed by atoms with Gasteiger partial charge in [0.05, 0.1) is 12.7 Å². The molecule has 0 atom stereocenters. The fourth-order valence-corrected chi connectivity index (χ4v) is 2.35. The Morgan fingerprint density at radius 1 is 1.05 bits per heavy atom. The van der Waals surface area contributed by atoms with E-state index in [-0.39, 0.29) is 5.78 Å². The zero-order valence-electron chi connectivity index (χ0n) is 11.3. The number of furan rings is 1. The van der Waals surface area contributed by atoms with Crippen molar-refractivity contribution in [3.8, 4) is 5.75 Å². The van der Waals surface area contributed by atoms with Gasteiger partial charge in [-0.2, -0.15) is 0 Å². The molecule has 1 heterocycles. The summed E-state index contributed by atoms with van der Waals surface area (Å²) in [6.07, 6.45) is 0. The van der Waals surface area contributed by atoms with E-state index < -0.39 is 0 Å². The van der Waals surface area contributed by atoms with E-state index in [0.29, 0.717) is 17.1 Å². The lowest BCUT2D eigenvalue weighted by atomic mass is 10.0. The minimum absolute atomic E-state index is 0.156. The van der Waals surface area contributed by atoms with Crippen LogP contribution in [0.5, 0.6) is 5.75 Å². The highest BCUT2D eigenvalue weighted by atomic mass is 16.5. The van der Waals surface area contributed by atoms with Gasteiger partial charge >= 0.3 is 0 Å². The van der Waals surface area contributed by atoms with Gasteiger partial charge in [-0.25, -0.2) is 0 Å². The molecular weight excluding hydrogens is 252 g/mol. The summed E-state index contributed by atoms with van der Waals surface area (Å²) >= 11 is 0. The van der Waals surface area contributed by atoms with Crippen molar-refractivity contribution in [1.29, 1.82) is 0 Å². The van der Waals surface area contributed by atoms with E-state index in [1.165, 1.54) is 0 Å². The van der Waals surface area contributed by atoms with E-state index in [1.807, 2.05) is 43.3 Å². The second kappa shape index (κ2) is 4.85. The molecule has 0 saturated carbocycles. The Bertz CT molecular complexity index is 784. The molecule has 0 saturated heterocycles. The van der Waals surface area contributed by atoms with E-state index in [0.717, 1.165) is 16.5 Å². The highest BCUT2D eigenvalue weighted by molar-refractivity contribution is 6.12. The Morgan fingerprint density at radius 2 is 1.75 bits per heavy atom. The normalized spacial score (nSPS) is 10.7. The summed E-state index contributed by atoms with van der Waals surface area (Å²) < 4.78 is 10.9. The summed E-state index contributed by atoms with van der Waals surface area (Å²) in [5, 5.41) is 0.964. The van der Waals surface area contributed by atoms with Crippen molar-refractivity contribution < 1.29 is 13.9 Å². The summed E-state index contributed by atoms with van der Waals surface area (Å²) in [5.41, 5.74) is 2.09. The van der Waals surface area contributed by atoms with Crippen LogP contribution in [0.25, 0.3) is 11.0 Å². The quantitative estimate of drug-likeness (QED) is 0.673. The first kappa shape index (κ1) is 12.5. The average Bonchev–Trinajstić information content (AvgIpc) is 2.84. The number of ether oxygens (including phenoxy) is 1. The third-order valence-electron chi connectivity index (χ3n) is 3.40. The van der Waals surface area contributed by atoms with Gasteiger partial charge in [0.1, 0.15) is 11.3 Å². The molecular formula is C17H14O3. The Morgan fingerprint density at radius 3 is 2.50 bits per heavy atom. The largest absolute Gasteiger partial charge is 0.496 e. The molecule has 0 aliphatic heterocycles. The number of fused-ring (bicyclic) bond motifs is 1. The highest BCUT2D eigenvalue weighted by Gasteiger charge is 2.21. The molecule has 0 fully saturated rings. The number of ketones is 1. The number of para-hydroxylation sites is 2. The first-order chi connectivity index (χ1) is 9.72. The lowest BCUT2D eigenvalue weighted by molar-refractivity contribution is 0.101. The molecule has 20 heavy (non-hydrogen) atoms. The maximum Gasteiger partial charge on any atom is 0.232 e. The molecule has 0 bridgehead atoms.